The van der Waals surface area contributed by atoms with Crippen LogP contribution >= 0.6 is 0 Å². The number of halogens is 3. The van der Waals surface area contributed by atoms with Gasteiger partial charge in [0.1, 0.15) is 11.6 Å². The van der Waals surface area contributed by atoms with Crippen LogP contribution < -0.4 is 10.6 Å². The quantitative estimate of drug-likeness (QED) is 0.616. The number of carbonyl (C=O) groups excluding carboxylic acids is 1. The maximum Gasteiger partial charge on any atom is 0.401 e. The second kappa shape index (κ2) is 8.96. The highest BCUT2D eigenvalue weighted by molar-refractivity contribution is 5.90. The van der Waals surface area contributed by atoms with Gasteiger partial charge in [-0.1, -0.05) is 42.5 Å². The lowest BCUT2D eigenvalue weighted by atomic mass is 9.95. The highest BCUT2D eigenvalue weighted by Gasteiger charge is 2.35. The summed E-state index contributed by atoms with van der Waals surface area (Å²) in [4.78, 5) is 14.2. The number of nitrogens with zero attached hydrogens (tertiary/aromatic N) is 4. The van der Waals surface area contributed by atoms with Crippen LogP contribution in [0, 0.1) is 18.3 Å². The Morgan fingerprint density at radius 2 is 1.88 bits per heavy atom. The molecule has 2 aromatic carbocycles. The number of hydrogen-bond acceptors (Lipinski definition) is 4. The Balaban J connectivity index is 1.59. The summed E-state index contributed by atoms with van der Waals surface area (Å²) in [5, 5.41) is 19.4. The molecular formula is C23H21F3N6O. The predicted molar refractivity (Wildman–Crippen MR) is 116 cm³/mol. The van der Waals surface area contributed by atoms with E-state index in [-0.39, 0.29) is 24.5 Å². The first-order chi connectivity index (χ1) is 15.7. The van der Waals surface area contributed by atoms with Crippen molar-refractivity contribution in [2.75, 3.05) is 18.4 Å². The van der Waals surface area contributed by atoms with E-state index in [4.69, 9.17) is 0 Å². The Morgan fingerprint density at radius 1 is 1.18 bits per heavy atom. The van der Waals surface area contributed by atoms with Crippen LogP contribution in [-0.2, 0) is 6.54 Å². The van der Waals surface area contributed by atoms with Gasteiger partial charge in [-0.15, -0.1) is 0 Å². The van der Waals surface area contributed by atoms with Crippen molar-refractivity contribution >= 4 is 11.8 Å². The first-order valence-corrected chi connectivity index (χ1v) is 10.2. The van der Waals surface area contributed by atoms with E-state index >= 15 is 0 Å². The normalized spacial score (nSPS) is 16.0. The molecule has 170 valence electrons. The zero-order valence-corrected chi connectivity index (χ0v) is 17.7. The fourth-order valence-corrected chi connectivity index (χ4v) is 4.01. The molecule has 1 aliphatic rings. The first-order valence-electron chi connectivity index (χ1n) is 10.2. The summed E-state index contributed by atoms with van der Waals surface area (Å²) in [6.45, 7) is 0.743. The molecule has 0 fully saturated rings. The summed E-state index contributed by atoms with van der Waals surface area (Å²) in [6.07, 6.45) is -4.35. The molecular weight excluding hydrogens is 433 g/mol. The van der Waals surface area contributed by atoms with Crippen LogP contribution in [0.5, 0.6) is 0 Å². The average Bonchev–Trinajstić information content (AvgIpc) is 3.08. The largest absolute Gasteiger partial charge is 0.401 e. The number of benzene rings is 2. The van der Waals surface area contributed by atoms with Crippen molar-refractivity contribution in [2.45, 2.75) is 25.7 Å². The third-order valence-corrected chi connectivity index (χ3v) is 5.38. The topological polar surface area (TPSA) is 86.0 Å². The van der Waals surface area contributed by atoms with Gasteiger partial charge in [-0.2, -0.15) is 23.5 Å². The lowest BCUT2D eigenvalue weighted by molar-refractivity contribution is -0.148. The van der Waals surface area contributed by atoms with Crippen LogP contribution in [0.4, 0.5) is 23.8 Å². The van der Waals surface area contributed by atoms with E-state index in [2.05, 4.69) is 21.8 Å². The molecule has 0 saturated heterocycles. The van der Waals surface area contributed by atoms with E-state index in [0.29, 0.717) is 11.4 Å². The molecule has 4 rings (SSSR count). The second-order valence-electron chi connectivity index (χ2n) is 7.80. The van der Waals surface area contributed by atoms with Gasteiger partial charge in [0.2, 0.25) is 0 Å². The number of carbonyl (C=O) groups is 1. The van der Waals surface area contributed by atoms with Crippen molar-refractivity contribution in [1.29, 1.82) is 5.26 Å². The molecule has 10 heteroatoms. The molecule has 1 aromatic heterocycles. The Kier molecular flexibility index (Phi) is 6.07. The molecule has 33 heavy (non-hydrogen) atoms. The molecule has 1 aliphatic heterocycles. The molecule has 2 amide bonds. The molecule has 3 aromatic rings. The summed E-state index contributed by atoms with van der Waals surface area (Å²) in [5.74, 6) is 0.190. The average molecular weight is 454 g/mol. The van der Waals surface area contributed by atoms with Crippen molar-refractivity contribution in [3.63, 3.8) is 0 Å². The van der Waals surface area contributed by atoms with E-state index in [0.717, 1.165) is 11.1 Å². The van der Waals surface area contributed by atoms with Gasteiger partial charge in [-0.25, -0.2) is 9.48 Å². The first kappa shape index (κ1) is 22.4. The summed E-state index contributed by atoms with van der Waals surface area (Å²) in [5.41, 5.74) is 2.78. The minimum absolute atomic E-state index is 0.00598. The number of aromatic nitrogens is 2. The number of anilines is 1. The van der Waals surface area contributed by atoms with Gasteiger partial charge >= 0.3 is 12.2 Å². The van der Waals surface area contributed by atoms with Gasteiger partial charge in [0.05, 0.1) is 24.0 Å². The van der Waals surface area contributed by atoms with Crippen LogP contribution in [0.3, 0.4) is 0 Å². The number of para-hydroxylation sites is 1. The van der Waals surface area contributed by atoms with Gasteiger partial charge in [0.25, 0.3) is 0 Å². The number of nitriles is 1. The van der Waals surface area contributed by atoms with E-state index in [1.165, 1.54) is 9.58 Å². The van der Waals surface area contributed by atoms with Crippen LogP contribution in [0.1, 0.15) is 28.4 Å². The van der Waals surface area contributed by atoms with Gasteiger partial charge < -0.3 is 5.32 Å². The van der Waals surface area contributed by atoms with Crippen LogP contribution in [0.15, 0.2) is 54.6 Å². The summed E-state index contributed by atoms with van der Waals surface area (Å²) >= 11 is 0. The lowest BCUT2D eigenvalue weighted by Gasteiger charge is -2.35. The maximum absolute atomic E-state index is 13.0. The van der Waals surface area contributed by atoms with E-state index < -0.39 is 24.8 Å². The fraction of sp³-hybridized carbons (Fsp3) is 0.261. The highest BCUT2D eigenvalue weighted by atomic mass is 19.4. The second-order valence-corrected chi connectivity index (χ2v) is 7.80. The van der Waals surface area contributed by atoms with Gasteiger partial charge in [-0.3, -0.25) is 10.2 Å². The molecule has 0 radical (unpaired) electrons. The SMILES string of the molecule is Cc1nn(-c2ccccc2)c(NC(=O)NC2CN(CC(F)(F)F)Cc3ccccc32)c1C#N. The van der Waals surface area contributed by atoms with Crippen molar-refractivity contribution in [2.24, 2.45) is 0 Å². The number of urea groups is 1. The molecule has 7 nitrogen and oxygen atoms in total. The third-order valence-electron chi connectivity index (χ3n) is 5.38. The highest BCUT2D eigenvalue weighted by Crippen LogP contribution is 2.29. The van der Waals surface area contributed by atoms with Crippen molar-refractivity contribution in [3.05, 3.63) is 77.0 Å². The Bertz CT molecular complexity index is 1200. The van der Waals surface area contributed by atoms with E-state index in [9.17, 15) is 23.2 Å². The Hall–Kier alpha value is -3.84. The molecule has 0 spiro atoms. The standard InChI is InChI=1S/C23H21F3N6O/c1-15-19(11-27)21(32(30-15)17-8-3-2-4-9-17)29-22(33)28-20-13-31(14-23(24,25)26)12-16-7-5-6-10-18(16)20/h2-10,20H,12-14H2,1H3,(H2,28,29,33). The Labute approximate surface area is 188 Å². The Morgan fingerprint density at radius 3 is 2.58 bits per heavy atom. The van der Waals surface area contributed by atoms with Crippen LogP contribution in [0.25, 0.3) is 5.69 Å². The number of aryl methyl sites for hydroxylation is 1. The number of amides is 2. The van der Waals surface area contributed by atoms with Crippen molar-refractivity contribution < 1.29 is 18.0 Å². The lowest BCUT2D eigenvalue weighted by Crippen LogP contribution is -2.46. The van der Waals surface area contributed by atoms with E-state index in [1.807, 2.05) is 6.07 Å². The number of fused-ring (bicyclic) bond motifs is 1. The number of alkyl halides is 3. The fourth-order valence-electron chi connectivity index (χ4n) is 4.01. The zero-order chi connectivity index (χ0) is 23.6. The maximum atomic E-state index is 13.0. The summed E-state index contributed by atoms with van der Waals surface area (Å²) in [7, 11) is 0. The number of rotatable bonds is 4. The van der Waals surface area contributed by atoms with Gasteiger partial charge in [-0.05, 0) is 30.2 Å². The van der Waals surface area contributed by atoms with Gasteiger partial charge in [0.15, 0.2) is 5.82 Å². The van der Waals surface area contributed by atoms with Gasteiger partial charge in [0, 0.05) is 13.1 Å². The van der Waals surface area contributed by atoms with Crippen molar-refractivity contribution in [3.8, 4) is 11.8 Å². The minimum Gasteiger partial charge on any atom is -0.330 e. The summed E-state index contributed by atoms with van der Waals surface area (Å²) in [6, 6.07) is 16.8. The molecule has 1 atom stereocenters. The van der Waals surface area contributed by atoms with Crippen LogP contribution in [-0.4, -0.2) is 40.0 Å². The smallest absolute Gasteiger partial charge is 0.330 e. The summed E-state index contributed by atoms with van der Waals surface area (Å²) < 4.78 is 40.5. The van der Waals surface area contributed by atoms with Crippen molar-refractivity contribution in [1.82, 2.24) is 20.0 Å². The molecule has 0 saturated carbocycles. The monoisotopic (exact) mass is 454 g/mol. The number of nitrogens with one attached hydrogen (secondary N) is 2. The minimum atomic E-state index is -4.35. The molecule has 2 heterocycles. The molecule has 0 aliphatic carbocycles. The zero-order valence-electron chi connectivity index (χ0n) is 17.7. The molecule has 2 N–H and O–H groups in total. The molecule has 1 unspecified atom stereocenters. The third kappa shape index (κ3) is 4.99. The molecule has 0 bridgehead atoms. The predicted octanol–water partition coefficient (Wildman–Crippen LogP) is 4.29. The van der Waals surface area contributed by atoms with Crippen LogP contribution in [0.2, 0.25) is 0 Å². The number of hydrogen-bond donors (Lipinski definition) is 2. The van der Waals surface area contributed by atoms with E-state index in [1.54, 1.807) is 55.5 Å².